The summed E-state index contributed by atoms with van der Waals surface area (Å²) >= 11 is 0. The standard InChI is InChI=1S/C19H29N5O5/c1-19(2,3)29-18(27)24(11-14(25)28-4)13-7-5-12(6-8-13)23-17(26)15-16(20)22-10-9-21-15/h9-10,12-13H,5-8,11H2,1-4H3,(H2,20,22)(H,23,26)/t12-,13-. The lowest BCUT2D eigenvalue weighted by Crippen LogP contribution is -2.49. The maximum atomic E-state index is 12.6. The molecule has 0 unspecified atom stereocenters. The molecule has 0 bridgehead atoms. The Bertz CT molecular complexity index is 741. The molecule has 29 heavy (non-hydrogen) atoms. The van der Waals surface area contributed by atoms with Gasteiger partial charge in [-0.25, -0.2) is 14.8 Å². The van der Waals surface area contributed by atoms with Crippen LogP contribution in [0.5, 0.6) is 0 Å². The van der Waals surface area contributed by atoms with Gasteiger partial charge >= 0.3 is 12.1 Å². The van der Waals surface area contributed by atoms with Crippen molar-refractivity contribution in [3.63, 3.8) is 0 Å². The van der Waals surface area contributed by atoms with Crippen LogP contribution in [0.1, 0.15) is 56.9 Å². The van der Waals surface area contributed by atoms with Crippen molar-refractivity contribution in [3.8, 4) is 0 Å². The van der Waals surface area contributed by atoms with Crippen LogP contribution in [0.2, 0.25) is 0 Å². The van der Waals surface area contributed by atoms with E-state index in [-0.39, 0.29) is 36.0 Å². The normalized spacial score (nSPS) is 19.2. The highest BCUT2D eigenvalue weighted by Crippen LogP contribution is 2.25. The van der Waals surface area contributed by atoms with E-state index in [1.807, 2.05) is 0 Å². The molecule has 0 atom stereocenters. The molecule has 10 heteroatoms. The number of carbonyl (C=O) groups is 3. The molecule has 1 saturated carbocycles. The Labute approximate surface area is 170 Å². The second kappa shape index (κ2) is 9.53. The summed E-state index contributed by atoms with van der Waals surface area (Å²) in [5.74, 6) is -0.810. The monoisotopic (exact) mass is 407 g/mol. The molecule has 0 saturated heterocycles. The Kier molecular flexibility index (Phi) is 7.35. The molecule has 1 heterocycles. The van der Waals surface area contributed by atoms with Gasteiger partial charge in [-0.05, 0) is 46.5 Å². The van der Waals surface area contributed by atoms with Gasteiger partial charge in [0.2, 0.25) is 0 Å². The van der Waals surface area contributed by atoms with Crippen LogP contribution in [0.25, 0.3) is 0 Å². The molecule has 3 N–H and O–H groups in total. The van der Waals surface area contributed by atoms with Gasteiger partial charge in [0, 0.05) is 24.5 Å². The largest absolute Gasteiger partial charge is 0.468 e. The van der Waals surface area contributed by atoms with Crippen LogP contribution < -0.4 is 11.1 Å². The maximum Gasteiger partial charge on any atom is 0.411 e. The van der Waals surface area contributed by atoms with Crippen molar-refractivity contribution in [2.45, 2.75) is 64.1 Å². The summed E-state index contributed by atoms with van der Waals surface area (Å²) in [5.41, 5.74) is 5.12. The number of nitrogens with one attached hydrogen (secondary N) is 1. The minimum atomic E-state index is -0.673. The fraction of sp³-hybridized carbons (Fsp3) is 0.632. The SMILES string of the molecule is COC(=O)CN(C(=O)OC(C)(C)C)[C@H]1CC[C@H](NC(=O)c2nccnc2N)CC1. The molecule has 0 radical (unpaired) electrons. The number of carbonyl (C=O) groups excluding carboxylic acids is 3. The zero-order chi connectivity index (χ0) is 21.6. The number of methoxy groups -OCH3 is 1. The fourth-order valence-electron chi connectivity index (χ4n) is 3.18. The maximum absolute atomic E-state index is 12.6. The first-order valence-electron chi connectivity index (χ1n) is 9.54. The Balaban J connectivity index is 1.98. The van der Waals surface area contributed by atoms with Crippen LogP contribution in [-0.2, 0) is 14.3 Å². The van der Waals surface area contributed by atoms with Crippen LogP contribution >= 0.6 is 0 Å². The number of amides is 2. The van der Waals surface area contributed by atoms with Crippen LogP contribution in [0.4, 0.5) is 10.6 Å². The Hall–Kier alpha value is -2.91. The molecule has 0 aliphatic heterocycles. The van der Waals surface area contributed by atoms with E-state index >= 15 is 0 Å². The second-order valence-corrected chi connectivity index (χ2v) is 7.95. The number of hydrogen-bond acceptors (Lipinski definition) is 8. The summed E-state index contributed by atoms with van der Waals surface area (Å²) in [6.07, 6.45) is 4.77. The van der Waals surface area contributed by atoms with Gasteiger partial charge in [0.1, 0.15) is 12.1 Å². The van der Waals surface area contributed by atoms with Gasteiger partial charge < -0.3 is 20.5 Å². The lowest BCUT2D eigenvalue weighted by molar-refractivity contribution is -0.142. The Morgan fingerprint density at radius 1 is 1.17 bits per heavy atom. The lowest BCUT2D eigenvalue weighted by atomic mass is 9.90. The molecule has 0 spiro atoms. The summed E-state index contributed by atoms with van der Waals surface area (Å²) in [4.78, 5) is 46.0. The number of hydrogen-bond donors (Lipinski definition) is 2. The molecule has 2 amide bonds. The molecule has 2 rings (SSSR count). The number of ether oxygens (including phenoxy) is 2. The zero-order valence-corrected chi connectivity index (χ0v) is 17.3. The molecular formula is C19H29N5O5. The second-order valence-electron chi connectivity index (χ2n) is 7.95. The number of aromatic nitrogens is 2. The number of nitrogens with zero attached hydrogens (tertiary/aromatic N) is 3. The molecule has 1 fully saturated rings. The van der Waals surface area contributed by atoms with E-state index in [9.17, 15) is 14.4 Å². The summed E-state index contributed by atoms with van der Waals surface area (Å²) < 4.78 is 10.2. The first-order chi connectivity index (χ1) is 13.6. The molecule has 1 aromatic rings. The van der Waals surface area contributed by atoms with E-state index in [0.29, 0.717) is 25.7 Å². The van der Waals surface area contributed by atoms with Gasteiger partial charge in [0.05, 0.1) is 7.11 Å². The Morgan fingerprint density at radius 3 is 2.34 bits per heavy atom. The van der Waals surface area contributed by atoms with E-state index in [2.05, 4.69) is 15.3 Å². The first kappa shape index (κ1) is 22.4. The van der Waals surface area contributed by atoms with Crippen molar-refractivity contribution in [1.82, 2.24) is 20.2 Å². The van der Waals surface area contributed by atoms with E-state index < -0.39 is 17.7 Å². The molecule has 1 aliphatic carbocycles. The molecule has 1 aromatic heterocycles. The number of nitrogens with two attached hydrogens (primary N) is 1. The van der Waals surface area contributed by atoms with Crippen LogP contribution in [0, 0.1) is 0 Å². The van der Waals surface area contributed by atoms with Crippen molar-refractivity contribution in [1.29, 1.82) is 0 Å². The third-order valence-corrected chi connectivity index (χ3v) is 4.57. The summed E-state index contributed by atoms with van der Waals surface area (Å²) in [6.45, 7) is 5.13. The number of rotatable bonds is 5. The van der Waals surface area contributed by atoms with Crippen molar-refractivity contribution in [2.75, 3.05) is 19.4 Å². The van der Waals surface area contributed by atoms with E-state index in [4.69, 9.17) is 15.2 Å². The predicted octanol–water partition coefficient (Wildman–Crippen LogP) is 1.51. The van der Waals surface area contributed by atoms with E-state index in [0.717, 1.165) is 0 Å². The van der Waals surface area contributed by atoms with Crippen molar-refractivity contribution in [3.05, 3.63) is 18.1 Å². The third-order valence-electron chi connectivity index (χ3n) is 4.57. The topological polar surface area (TPSA) is 137 Å². The zero-order valence-electron chi connectivity index (χ0n) is 17.3. The average Bonchev–Trinajstić information content (AvgIpc) is 2.65. The molecule has 10 nitrogen and oxygen atoms in total. The highest BCUT2D eigenvalue weighted by Gasteiger charge is 2.33. The van der Waals surface area contributed by atoms with Gasteiger partial charge in [0.15, 0.2) is 11.5 Å². The smallest absolute Gasteiger partial charge is 0.411 e. The summed E-state index contributed by atoms with van der Waals surface area (Å²) in [7, 11) is 1.28. The van der Waals surface area contributed by atoms with E-state index in [1.165, 1.54) is 24.4 Å². The fourth-order valence-corrected chi connectivity index (χ4v) is 3.18. The van der Waals surface area contributed by atoms with Crippen LogP contribution in [0.3, 0.4) is 0 Å². The molecule has 1 aliphatic rings. The molecule has 160 valence electrons. The van der Waals surface area contributed by atoms with Gasteiger partial charge in [-0.2, -0.15) is 0 Å². The van der Waals surface area contributed by atoms with Crippen molar-refractivity contribution in [2.24, 2.45) is 0 Å². The van der Waals surface area contributed by atoms with Crippen LogP contribution in [0.15, 0.2) is 12.4 Å². The van der Waals surface area contributed by atoms with E-state index in [1.54, 1.807) is 20.8 Å². The van der Waals surface area contributed by atoms with Gasteiger partial charge in [-0.15, -0.1) is 0 Å². The number of nitrogen functional groups attached to an aromatic ring is 1. The van der Waals surface area contributed by atoms with Gasteiger partial charge in [0.25, 0.3) is 5.91 Å². The summed E-state index contributed by atoms with van der Waals surface area (Å²) in [6, 6.07) is -0.266. The number of anilines is 1. The minimum absolute atomic E-state index is 0.0767. The molecule has 0 aromatic carbocycles. The number of esters is 1. The van der Waals surface area contributed by atoms with Crippen molar-refractivity contribution < 1.29 is 23.9 Å². The third kappa shape index (κ3) is 6.58. The quantitative estimate of drug-likeness (QED) is 0.701. The highest BCUT2D eigenvalue weighted by atomic mass is 16.6. The summed E-state index contributed by atoms with van der Waals surface area (Å²) in [5, 5.41) is 2.91. The lowest BCUT2D eigenvalue weighted by Gasteiger charge is -2.37. The Morgan fingerprint density at radius 2 is 1.79 bits per heavy atom. The van der Waals surface area contributed by atoms with Crippen molar-refractivity contribution >= 4 is 23.8 Å². The predicted molar refractivity (Wildman–Crippen MR) is 105 cm³/mol. The van der Waals surface area contributed by atoms with Crippen LogP contribution in [-0.4, -0.2) is 64.2 Å². The molecular weight excluding hydrogens is 378 g/mol. The van der Waals surface area contributed by atoms with Gasteiger partial charge in [-0.1, -0.05) is 0 Å². The van der Waals surface area contributed by atoms with Gasteiger partial charge in [-0.3, -0.25) is 14.5 Å². The highest BCUT2D eigenvalue weighted by molar-refractivity contribution is 5.96. The average molecular weight is 407 g/mol. The first-order valence-corrected chi connectivity index (χ1v) is 9.54. The minimum Gasteiger partial charge on any atom is -0.468 e.